The van der Waals surface area contributed by atoms with Gasteiger partial charge in [0.15, 0.2) is 7.98 Å². The smallest absolute Gasteiger partial charge is 0.182 e. The van der Waals surface area contributed by atoms with Crippen LogP contribution in [0.5, 0.6) is 0 Å². The van der Waals surface area contributed by atoms with Crippen molar-refractivity contribution in [1.82, 2.24) is 4.81 Å². The number of nitrogens with zero attached hydrogens (tertiary/aromatic N) is 1. The van der Waals surface area contributed by atoms with Gasteiger partial charge in [0.1, 0.15) is 0 Å². The predicted octanol–water partition coefficient (Wildman–Crippen LogP) is 1.19. The highest BCUT2D eigenvalue weighted by Crippen LogP contribution is 1.92. The van der Waals surface area contributed by atoms with Crippen molar-refractivity contribution >= 4 is 7.98 Å². The molecule has 0 aliphatic carbocycles. The van der Waals surface area contributed by atoms with Gasteiger partial charge in [0.05, 0.1) is 0 Å². The molecule has 0 saturated heterocycles. The number of hydrogen-bond donors (Lipinski definition) is 0. The topological polar surface area (TPSA) is 3.24 Å². The van der Waals surface area contributed by atoms with E-state index in [9.17, 15) is 0 Å². The fourth-order valence-corrected chi connectivity index (χ4v) is 0.611. The molecule has 1 nitrogen and oxygen atoms in total. The lowest BCUT2D eigenvalue weighted by Crippen LogP contribution is -2.14. The Morgan fingerprint density at radius 2 is 2.00 bits per heavy atom. The summed E-state index contributed by atoms with van der Waals surface area (Å²) in [5.74, 6) is 0. The molecular formula is C6H14BN. The van der Waals surface area contributed by atoms with Crippen LogP contribution in [0.4, 0.5) is 0 Å². The minimum atomic E-state index is 1.02. The average Bonchev–Trinajstić information content (AvgIpc) is 1.66. The van der Waals surface area contributed by atoms with Crippen LogP contribution in [-0.2, 0) is 0 Å². The Morgan fingerprint density at radius 3 is 2.38 bits per heavy atom. The van der Waals surface area contributed by atoms with Crippen molar-refractivity contribution in [2.75, 3.05) is 13.6 Å². The second-order valence-electron chi connectivity index (χ2n) is 2.19. The van der Waals surface area contributed by atoms with E-state index in [4.69, 9.17) is 7.98 Å². The lowest BCUT2D eigenvalue weighted by atomic mass is 10.2. The van der Waals surface area contributed by atoms with Gasteiger partial charge in [-0.25, -0.2) is 0 Å². The maximum atomic E-state index is 5.37. The highest BCUT2D eigenvalue weighted by atomic mass is 15.0. The molecule has 0 bridgehead atoms. The van der Waals surface area contributed by atoms with Gasteiger partial charge in [-0.15, -0.1) is 0 Å². The van der Waals surface area contributed by atoms with Crippen LogP contribution in [0, 0.1) is 0 Å². The zero-order valence-corrected chi connectivity index (χ0v) is 5.85. The number of rotatable bonds is 4. The predicted molar refractivity (Wildman–Crippen MR) is 37.9 cm³/mol. The molecule has 46 valence electrons. The summed E-state index contributed by atoms with van der Waals surface area (Å²) in [5.41, 5.74) is 0. The molecule has 2 radical (unpaired) electrons. The fourth-order valence-electron chi connectivity index (χ4n) is 0.611. The highest BCUT2D eigenvalue weighted by molar-refractivity contribution is 6.04. The van der Waals surface area contributed by atoms with E-state index in [0.717, 1.165) is 6.54 Å². The number of hydrogen-bond acceptors (Lipinski definition) is 1. The molecular weight excluding hydrogens is 96.9 g/mol. The molecule has 0 unspecified atom stereocenters. The summed E-state index contributed by atoms with van der Waals surface area (Å²) in [6.07, 6.45) is 3.79. The first-order valence-corrected chi connectivity index (χ1v) is 3.23. The lowest BCUT2D eigenvalue weighted by Gasteiger charge is -2.07. The molecule has 0 rings (SSSR count). The van der Waals surface area contributed by atoms with Crippen molar-refractivity contribution < 1.29 is 0 Å². The first kappa shape index (κ1) is 8.02. The van der Waals surface area contributed by atoms with E-state index in [1.807, 2.05) is 7.05 Å². The van der Waals surface area contributed by atoms with E-state index in [0.29, 0.717) is 0 Å². The average molecular weight is 111 g/mol. The molecule has 0 heterocycles. The minimum Gasteiger partial charge on any atom is -0.356 e. The molecule has 8 heavy (non-hydrogen) atoms. The van der Waals surface area contributed by atoms with E-state index in [1.165, 1.54) is 19.3 Å². The molecule has 0 spiro atoms. The summed E-state index contributed by atoms with van der Waals surface area (Å²) in [6.45, 7) is 3.21. The molecule has 0 amide bonds. The third kappa shape index (κ3) is 6.02. The Bertz CT molecular complexity index is 45.8. The van der Waals surface area contributed by atoms with Crippen LogP contribution >= 0.6 is 0 Å². The molecule has 0 aromatic heterocycles. The summed E-state index contributed by atoms with van der Waals surface area (Å²) in [5, 5.41) is 0. The van der Waals surface area contributed by atoms with Crippen molar-refractivity contribution in [2.45, 2.75) is 26.2 Å². The SMILES string of the molecule is [B]N(C)CCCCC. The fraction of sp³-hybridized carbons (Fsp3) is 1.00. The van der Waals surface area contributed by atoms with E-state index in [-0.39, 0.29) is 0 Å². The van der Waals surface area contributed by atoms with Gasteiger partial charge in [0.2, 0.25) is 0 Å². The largest absolute Gasteiger partial charge is 0.356 e. The zero-order valence-electron chi connectivity index (χ0n) is 5.85. The molecule has 0 aliphatic heterocycles. The number of unbranched alkanes of at least 4 members (excludes halogenated alkanes) is 2. The van der Waals surface area contributed by atoms with E-state index in [2.05, 4.69) is 6.92 Å². The third-order valence-corrected chi connectivity index (χ3v) is 1.11. The van der Waals surface area contributed by atoms with Crippen LogP contribution in [0.1, 0.15) is 26.2 Å². The van der Waals surface area contributed by atoms with Gasteiger partial charge in [0.25, 0.3) is 0 Å². The van der Waals surface area contributed by atoms with Crippen LogP contribution in [0.15, 0.2) is 0 Å². The second kappa shape index (κ2) is 5.17. The van der Waals surface area contributed by atoms with Crippen molar-refractivity contribution in [3.8, 4) is 0 Å². The van der Waals surface area contributed by atoms with Gasteiger partial charge in [0, 0.05) is 0 Å². The molecule has 0 aliphatic rings. The highest BCUT2D eigenvalue weighted by Gasteiger charge is 1.86. The Hall–Kier alpha value is 0.0249. The van der Waals surface area contributed by atoms with Gasteiger partial charge in [-0.1, -0.05) is 19.8 Å². The molecule has 2 heteroatoms. The third-order valence-electron chi connectivity index (χ3n) is 1.11. The maximum absolute atomic E-state index is 5.37. The monoisotopic (exact) mass is 111 g/mol. The Kier molecular flexibility index (Phi) is 5.18. The van der Waals surface area contributed by atoms with Gasteiger partial charge < -0.3 is 4.81 Å². The summed E-state index contributed by atoms with van der Waals surface area (Å²) >= 11 is 0. The minimum absolute atomic E-state index is 1.02. The summed E-state index contributed by atoms with van der Waals surface area (Å²) < 4.78 is 0. The van der Waals surface area contributed by atoms with Crippen LogP contribution in [0.3, 0.4) is 0 Å². The van der Waals surface area contributed by atoms with Crippen molar-refractivity contribution in [1.29, 1.82) is 0 Å². The summed E-state index contributed by atoms with van der Waals surface area (Å²) in [7, 11) is 7.26. The van der Waals surface area contributed by atoms with E-state index < -0.39 is 0 Å². The van der Waals surface area contributed by atoms with Gasteiger partial charge >= 0.3 is 0 Å². The van der Waals surface area contributed by atoms with E-state index >= 15 is 0 Å². The Morgan fingerprint density at radius 1 is 1.38 bits per heavy atom. The van der Waals surface area contributed by atoms with Crippen molar-refractivity contribution in [3.63, 3.8) is 0 Å². The molecule has 0 N–H and O–H groups in total. The summed E-state index contributed by atoms with van der Waals surface area (Å²) in [4.78, 5) is 1.73. The van der Waals surface area contributed by atoms with Crippen LogP contribution in [0.2, 0.25) is 0 Å². The molecule has 0 saturated carbocycles. The van der Waals surface area contributed by atoms with Crippen molar-refractivity contribution in [2.24, 2.45) is 0 Å². The van der Waals surface area contributed by atoms with Gasteiger partial charge in [-0.05, 0) is 20.0 Å². The van der Waals surface area contributed by atoms with Crippen molar-refractivity contribution in [3.05, 3.63) is 0 Å². The van der Waals surface area contributed by atoms with E-state index in [1.54, 1.807) is 4.81 Å². The molecule has 0 aromatic rings. The maximum Gasteiger partial charge on any atom is 0.182 e. The Balaban J connectivity index is 2.72. The second-order valence-corrected chi connectivity index (χ2v) is 2.19. The standard InChI is InChI=1S/C6H14BN/c1-3-4-5-6-8(2)7/h3-6H2,1-2H3. The van der Waals surface area contributed by atoms with Gasteiger partial charge in [-0.2, -0.15) is 0 Å². The first-order valence-electron chi connectivity index (χ1n) is 3.23. The molecule has 0 fully saturated rings. The lowest BCUT2D eigenvalue weighted by molar-refractivity contribution is 0.509. The van der Waals surface area contributed by atoms with Gasteiger partial charge in [-0.3, -0.25) is 0 Å². The first-order chi connectivity index (χ1) is 3.77. The zero-order chi connectivity index (χ0) is 6.41. The van der Waals surface area contributed by atoms with Crippen LogP contribution < -0.4 is 0 Å². The van der Waals surface area contributed by atoms with Crippen LogP contribution in [-0.4, -0.2) is 26.4 Å². The van der Waals surface area contributed by atoms with Crippen LogP contribution in [0.25, 0.3) is 0 Å². The summed E-state index contributed by atoms with van der Waals surface area (Å²) in [6, 6.07) is 0. The normalized spacial score (nSPS) is 10.4. The Labute approximate surface area is 53.5 Å². The molecule has 0 aromatic carbocycles. The molecule has 0 atom stereocenters. The quantitative estimate of drug-likeness (QED) is 0.389.